The van der Waals surface area contributed by atoms with Gasteiger partial charge in [0.25, 0.3) is 0 Å². The zero-order valence-electron chi connectivity index (χ0n) is 18.2. The van der Waals surface area contributed by atoms with Crippen LogP contribution in [-0.4, -0.2) is 18.2 Å². The number of hydrogen-bond acceptors (Lipinski definition) is 4. The van der Waals surface area contributed by atoms with E-state index in [2.05, 4.69) is 20.9 Å². The van der Waals surface area contributed by atoms with Crippen molar-refractivity contribution in [2.24, 2.45) is 10.9 Å². The van der Waals surface area contributed by atoms with Crippen LogP contribution in [-0.2, 0) is 11.0 Å². The number of ether oxygens (including phenoxy) is 1. The maximum Gasteiger partial charge on any atom is 0.419 e. The summed E-state index contributed by atoms with van der Waals surface area (Å²) in [6, 6.07) is 7.57. The van der Waals surface area contributed by atoms with Crippen LogP contribution in [0.25, 0.3) is 0 Å². The first kappa shape index (κ1) is 24.0. The predicted molar refractivity (Wildman–Crippen MR) is 121 cm³/mol. The van der Waals surface area contributed by atoms with Crippen molar-refractivity contribution >= 4 is 29.5 Å². The van der Waals surface area contributed by atoms with Crippen LogP contribution in [0.1, 0.15) is 24.8 Å². The second kappa shape index (κ2) is 10.00. The quantitative estimate of drug-likeness (QED) is 0.463. The van der Waals surface area contributed by atoms with Gasteiger partial charge < -0.3 is 20.7 Å². The van der Waals surface area contributed by atoms with E-state index in [0.29, 0.717) is 30.0 Å². The first-order chi connectivity index (χ1) is 16.7. The number of hydrogen-bond donors (Lipinski definition) is 3. The molecule has 35 heavy (non-hydrogen) atoms. The Kier molecular flexibility index (Phi) is 6.85. The minimum absolute atomic E-state index is 0.0432. The Morgan fingerprint density at radius 1 is 1.00 bits per heavy atom. The van der Waals surface area contributed by atoms with Gasteiger partial charge in [-0.3, -0.25) is 4.79 Å². The summed E-state index contributed by atoms with van der Waals surface area (Å²) in [5.41, 5.74) is -0.853. The maximum atomic E-state index is 13.4. The number of nitrogens with one attached hydrogen (secondary N) is 3. The summed E-state index contributed by atoms with van der Waals surface area (Å²) in [7, 11) is 0. The summed E-state index contributed by atoms with van der Waals surface area (Å²) in [6.45, 7) is 0. The molecule has 0 radical (unpaired) electrons. The molecule has 0 atom stereocenters. The third-order valence-electron chi connectivity index (χ3n) is 5.00. The van der Waals surface area contributed by atoms with E-state index in [9.17, 15) is 27.2 Å². The number of carbonyl (C=O) groups is 2. The van der Waals surface area contributed by atoms with Crippen molar-refractivity contribution in [2.75, 3.05) is 10.6 Å². The molecule has 4 rings (SSSR count). The highest BCUT2D eigenvalue weighted by molar-refractivity contribution is 5.99. The Balaban J connectivity index is 1.40. The van der Waals surface area contributed by atoms with Gasteiger partial charge in [0.15, 0.2) is 0 Å². The Labute approximate surface area is 197 Å². The molecule has 11 heteroatoms. The van der Waals surface area contributed by atoms with Crippen LogP contribution in [0.4, 0.5) is 33.7 Å². The number of anilines is 2. The number of aliphatic imine (C=N–C) groups is 1. The molecule has 182 valence electrons. The number of halogens is 4. The summed E-state index contributed by atoms with van der Waals surface area (Å²) in [4.78, 5) is 28.5. The van der Waals surface area contributed by atoms with Crippen molar-refractivity contribution in [3.05, 3.63) is 77.6 Å². The second-order valence-corrected chi connectivity index (χ2v) is 7.85. The molecular formula is C24H20F4N4O3. The van der Waals surface area contributed by atoms with Crippen LogP contribution < -0.4 is 20.7 Å². The highest BCUT2D eigenvalue weighted by atomic mass is 19.4. The third-order valence-corrected chi connectivity index (χ3v) is 5.00. The predicted octanol–water partition coefficient (Wildman–Crippen LogP) is 5.59. The molecular weight excluding hydrogens is 468 g/mol. The van der Waals surface area contributed by atoms with Crippen LogP contribution in [0.15, 0.2) is 71.2 Å². The highest BCUT2D eigenvalue weighted by Crippen LogP contribution is 2.33. The van der Waals surface area contributed by atoms with E-state index in [0.717, 1.165) is 18.9 Å². The SMILES string of the molecule is O=C(Nc1cccc(OC2=CC(NC(=O)C3CC3)=CCC=N2)c1)Nc1ccc(F)c(C(F)(F)F)c1. The van der Waals surface area contributed by atoms with Gasteiger partial charge in [-0.25, -0.2) is 14.2 Å². The number of benzene rings is 2. The molecule has 2 aromatic carbocycles. The molecule has 0 bridgehead atoms. The number of allylic oxidation sites excluding steroid dienone is 2. The van der Waals surface area contributed by atoms with Gasteiger partial charge in [0, 0.05) is 47.8 Å². The Morgan fingerprint density at radius 2 is 1.74 bits per heavy atom. The standard InChI is InChI=1S/C24H20F4N4O3/c25-20-9-8-17(12-19(20)24(26,27)28)32-23(34)31-15-3-1-5-18(11-15)35-21-13-16(4-2-10-29-21)30-22(33)14-6-7-14/h1,3-5,8-14H,2,6-7H2,(H,30,33)(H2,31,32,34). The molecule has 1 heterocycles. The lowest BCUT2D eigenvalue weighted by molar-refractivity contribution is -0.140. The molecule has 3 N–H and O–H groups in total. The van der Waals surface area contributed by atoms with Crippen molar-refractivity contribution in [1.29, 1.82) is 0 Å². The first-order valence-corrected chi connectivity index (χ1v) is 10.7. The second-order valence-electron chi connectivity index (χ2n) is 7.85. The Morgan fingerprint density at radius 3 is 2.46 bits per heavy atom. The molecule has 0 aromatic heterocycles. The summed E-state index contributed by atoms with van der Waals surface area (Å²) < 4.78 is 57.8. The van der Waals surface area contributed by atoms with Gasteiger partial charge in [0.2, 0.25) is 11.8 Å². The van der Waals surface area contributed by atoms with Gasteiger partial charge in [-0.15, -0.1) is 0 Å². The van der Waals surface area contributed by atoms with Gasteiger partial charge in [0.1, 0.15) is 11.6 Å². The van der Waals surface area contributed by atoms with E-state index >= 15 is 0 Å². The molecule has 2 aliphatic rings. The molecule has 0 unspecified atom stereocenters. The lowest BCUT2D eigenvalue weighted by atomic mass is 10.2. The molecule has 0 spiro atoms. The number of urea groups is 1. The van der Waals surface area contributed by atoms with E-state index in [1.807, 2.05) is 6.08 Å². The monoisotopic (exact) mass is 488 g/mol. The van der Waals surface area contributed by atoms with Crippen LogP contribution in [0.2, 0.25) is 0 Å². The number of rotatable bonds is 6. The smallest absolute Gasteiger partial charge is 0.419 e. The zero-order chi connectivity index (χ0) is 25.0. The molecule has 3 amide bonds. The normalized spacial score (nSPS) is 15.4. The lowest BCUT2D eigenvalue weighted by Gasteiger charge is -2.12. The van der Waals surface area contributed by atoms with Crippen LogP contribution in [0.5, 0.6) is 5.75 Å². The van der Waals surface area contributed by atoms with Gasteiger partial charge in [-0.2, -0.15) is 13.2 Å². The summed E-state index contributed by atoms with van der Waals surface area (Å²) >= 11 is 0. The van der Waals surface area contributed by atoms with Crippen molar-refractivity contribution in [2.45, 2.75) is 25.4 Å². The van der Waals surface area contributed by atoms with Gasteiger partial charge in [0.05, 0.1) is 5.56 Å². The van der Waals surface area contributed by atoms with E-state index in [-0.39, 0.29) is 29.1 Å². The molecule has 0 saturated heterocycles. The molecule has 7 nitrogen and oxygen atoms in total. The van der Waals surface area contributed by atoms with Crippen molar-refractivity contribution in [1.82, 2.24) is 5.32 Å². The fraction of sp³-hybridized carbons (Fsp3) is 0.208. The fourth-order valence-corrected chi connectivity index (χ4v) is 3.16. The molecule has 1 aliphatic carbocycles. The first-order valence-electron chi connectivity index (χ1n) is 10.7. The van der Waals surface area contributed by atoms with Crippen LogP contribution >= 0.6 is 0 Å². The molecule has 1 aliphatic heterocycles. The topological polar surface area (TPSA) is 91.8 Å². The number of carbonyl (C=O) groups excluding carboxylic acids is 2. The highest BCUT2D eigenvalue weighted by Gasteiger charge is 2.34. The number of nitrogens with zero attached hydrogens (tertiary/aromatic N) is 1. The average Bonchev–Trinajstić information content (AvgIpc) is 3.63. The summed E-state index contributed by atoms with van der Waals surface area (Å²) in [6.07, 6.45) is 2.38. The minimum atomic E-state index is -4.89. The van der Waals surface area contributed by atoms with Crippen molar-refractivity contribution in [3.8, 4) is 5.75 Å². The van der Waals surface area contributed by atoms with Gasteiger partial charge in [-0.05, 0) is 43.2 Å². The molecule has 1 saturated carbocycles. The Hall–Kier alpha value is -4.15. The van der Waals surface area contributed by atoms with Crippen LogP contribution in [0.3, 0.4) is 0 Å². The van der Waals surface area contributed by atoms with E-state index < -0.39 is 23.6 Å². The van der Waals surface area contributed by atoms with Gasteiger partial charge in [-0.1, -0.05) is 12.1 Å². The molecule has 2 aromatic rings. The lowest BCUT2D eigenvalue weighted by Crippen LogP contribution is -2.23. The van der Waals surface area contributed by atoms with E-state index in [1.165, 1.54) is 6.07 Å². The fourth-order valence-electron chi connectivity index (χ4n) is 3.16. The van der Waals surface area contributed by atoms with Crippen molar-refractivity contribution in [3.63, 3.8) is 0 Å². The Bertz CT molecular complexity index is 1230. The maximum absolute atomic E-state index is 13.4. The van der Waals surface area contributed by atoms with Gasteiger partial charge >= 0.3 is 12.2 Å². The average molecular weight is 488 g/mol. The van der Waals surface area contributed by atoms with E-state index in [1.54, 1.807) is 30.5 Å². The number of amides is 3. The zero-order valence-corrected chi connectivity index (χ0v) is 18.2. The minimum Gasteiger partial charge on any atom is -0.439 e. The largest absolute Gasteiger partial charge is 0.439 e. The van der Waals surface area contributed by atoms with Crippen molar-refractivity contribution < 1.29 is 31.9 Å². The van der Waals surface area contributed by atoms with Crippen LogP contribution in [0, 0.1) is 11.7 Å². The van der Waals surface area contributed by atoms with E-state index in [4.69, 9.17) is 4.74 Å². The summed E-state index contributed by atoms with van der Waals surface area (Å²) in [5.74, 6) is -0.899. The third kappa shape index (κ3) is 6.69. The number of alkyl halides is 3. The molecule has 1 fully saturated rings. The summed E-state index contributed by atoms with van der Waals surface area (Å²) in [5, 5.41) is 7.55.